The van der Waals surface area contributed by atoms with Crippen molar-refractivity contribution in [3.8, 4) is 0 Å². The van der Waals surface area contributed by atoms with Crippen molar-refractivity contribution in [2.75, 3.05) is 18.4 Å². The first-order valence-electron chi connectivity index (χ1n) is 19.2. The maximum Gasteiger partial charge on any atom is 0.407 e. The Labute approximate surface area is 319 Å². The number of aliphatic hydroxyl groups excluding tert-OH is 1. The van der Waals surface area contributed by atoms with E-state index in [-0.39, 0.29) is 50.2 Å². The van der Waals surface area contributed by atoms with Gasteiger partial charge in [0.25, 0.3) is 0 Å². The second kappa shape index (κ2) is 15.7. The molecule has 300 valence electrons. The van der Waals surface area contributed by atoms with Crippen LogP contribution in [-0.4, -0.2) is 83.7 Å². The highest BCUT2D eigenvalue weighted by Crippen LogP contribution is 2.71. The number of alkyl halides is 2. The predicted molar refractivity (Wildman–Crippen MR) is 196 cm³/mol. The van der Waals surface area contributed by atoms with Gasteiger partial charge in [0.05, 0.1) is 18.8 Å². The molecule has 10 atom stereocenters. The summed E-state index contributed by atoms with van der Waals surface area (Å²) in [6.07, 6.45) is 0.888. The molecule has 1 aromatic rings. The third-order valence-corrected chi connectivity index (χ3v) is 12.8. The molecule has 6 N–H and O–H groups in total. The summed E-state index contributed by atoms with van der Waals surface area (Å²) in [6.45, 7) is 5.09. The quantitative estimate of drug-likeness (QED) is 0.174. The number of fused-ring (bicyclic) bond motifs is 7. The van der Waals surface area contributed by atoms with Crippen LogP contribution in [0.25, 0.3) is 0 Å². The van der Waals surface area contributed by atoms with Gasteiger partial charge in [-0.2, -0.15) is 0 Å². The fourth-order valence-electron chi connectivity index (χ4n) is 10.1. The van der Waals surface area contributed by atoms with Crippen molar-refractivity contribution in [2.24, 2.45) is 28.4 Å². The molecule has 55 heavy (non-hydrogen) atoms. The Balaban J connectivity index is 1.11. The number of anilines is 1. The molecular weight excluding hydrogens is 718 g/mol. The van der Waals surface area contributed by atoms with Crippen LogP contribution in [-0.2, 0) is 35.2 Å². The lowest BCUT2D eigenvalue weighted by Gasteiger charge is -2.59. The van der Waals surface area contributed by atoms with E-state index in [1.165, 1.54) is 12.2 Å². The number of hydrogen-bond donors (Lipinski definition) is 5. The van der Waals surface area contributed by atoms with Crippen LogP contribution in [0.4, 0.5) is 24.1 Å². The Bertz CT molecular complexity index is 1740. The number of amides is 4. The SMILES string of the molecule is CCCC1O[C@@H]2CC3C4CC[C@H](F)C5=CC(=O)C=C[C@]5(C)[C@@]4(F)[C@@H](O)C[C@]3(C)[C@]2(C(=O)CNC(=O)OCc2ccc(NC(=O)CCCCNC(N)=O)cc2)O1. The molecule has 13 nitrogen and oxygen atoms in total. The Hall–Kier alpha value is -4.21. The molecule has 3 saturated carbocycles. The summed E-state index contributed by atoms with van der Waals surface area (Å²) in [6, 6.07) is 6.09. The number of primary amides is 1. The number of ether oxygens (including phenoxy) is 3. The van der Waals surface area contributed by atoms with E-state index in [0.717, 1.165) is 6.08 Å². The fourth-order valence-corrected chi connectivity index (χ4v) is 10.1. The van der Waals surface area contributed by atoms with Crippen LogP contribution in [0.3, 0.4) is 0 Å². The lowest BCUT2D eigenvalue weighted by atomic mass is 9.48. The van der Waals surface area contributed by atoms with E-state index in [4.69, 9.17) is 19.9 Å². The van der Waals surface area contributed by atoms with Crippen molar-refractivity contribution in [1.29, 1.82) is 0 Å². The minimum absolute atomic E-state index is 0.0252. The predicted octanol–water partition coefficient (Wildman–Crippen LogP) is 4.86. The van der Waals surface area contributed by atoms with Gasteiger partial charge in [-0.1, -0.05) is 38.5 Å². The number of nitrogens with two attached hydrogens (primary N) is 1. The third kappa shape index (κ3) is 7.19. The number of rotatable bonds is 13. The van der Waals surface area contributed by atoms with Crippen LogP contribution in [0.15, 0.2) is 48.1 Å². The van der Waals surface area contributed by atoms with E-state index in [2.05, 4.69) is 16.0 Å². The van der Waals surface area contributed by atoms with E-state index < -0.39 is 88.8 Å². The first-order valence-corrected chi connectivity index (χ1v) is 19.2. The number of benzene rings is 1. The summed E-state index contributed by atoms with van der Waals surface area (Å²) < 4.78 is 52.0. The van der Waals surface area contributed by atoms with Crippen LogP contribution in [0, 0.1) is 22.7 Å². The summed E-state index contributed by atoms with van der Waals surface area (Å²) in [5.74, 6) is -2.56. The molecular formula is C40H52F2N4O9. The van der Waals surface area contributed by atoms with Gasteiger partial charge < -0.3 is 41.0 Å². The highest BCUT2D eigenvalue weighted by Gasteiger charge is 2.79. The average Bonchev–Trinajstić information content (AvgIpc) is 3.59. The van der Waals surface area contributed by atoms with E-state index in [1.807, 2.05) is 13.8 Å². The molecule has 1 saturated heterocycles. The van der Waals surface area contributed by atoms with Crippen molar-refractivity contribution in [3.05, 3.63) is 53.6 Å². The second-order valence-corrected chi connectivity index (χ2v) is 16.0. The van der Waals surface area contributed by atoms with Crippen molar-refractivity contribution < 1.29 is 52.1 Å². The molecule has 4 aliphatic carbocycles. The maximum atomic E-state index is 18.0. The number of halogens is 2. The molecule has 0 spiro atoms. The number of alkyl carbamates (subject to hydrolysis) is 1. The standard InChI is InChI=1S/C40H52F2N4O9/c1-4-7-34-54-32-19-27-26-13-14-29(41)28-18-25(47)15-16-37(28,2)39(26,42)30(48)20-38(27,3)40(32,55-34)31(49)21-45-36(52)53-22-23-9-11-24(12-10-23)46-33(50)8-5-6-17-44-35(43)51/h9-12,15-16,18,26-27,29-30,32,34,48H,4-8,13-14,17,19-22H2,1-3H3,(H,45,52)(H,46,50)(H3,43,44,51)/t26?,27?,29-,30-,32+,34?,37-,38-,39-,40+/m0/s1. The highest BCUT2D eigenvalue weighted by atomic mass is 19.1. The van der Waals surface area contributed by atoms with Gasteiger partial charge in [0, 0.05) is 35.4 Å². The van der Waals surface area contributed by atoms with E-state index in [1.54, 1.807) is 31.2 Å². The first-order chi connectivity index (χ1) is 26.1. The topological polar surface area (TPSA) is 195 Å². The molecule has 6 rings (SSSR count). The van der Waals surface area contributed by atoms with Gasteiger partial charge in [-0.15, -0.1) is 0 Å². The number of carbonyl (C=O) groups excluding carboxylic acids is 5. The Morgan fingerprint density at radius 3 is 2.53 bits per heavy atom. The molecule has 0 bridgehead atoms. The number of ketones is 2. The number of allylic oxidation sites excluding steroid dienone is 4. The molecule has 4 fully saturated rings. The van der Waals surface area contributed by atoms with Crippen molar-refractivity contribution >= 4 is 35.3 Å². The average molecular weight is 771 g/mol. The molecule has 3 unspecified atom stereocenters. The van der Waals surface area contributed by atoms with Crippen LogP contribution in [0.1, 0.15) is 84.1 Å². The second-order valence-electron chi connectivity index (χ2n) is 16.0. The maximum absolute atomic E-state index is 18.0. The van der Waals surface area contributed by atoms with Gasteiger partial charge in [-0.05, 0) is 93.2 Å². The van der Waals surface area contributed by atoms with E-state index in [0.29, 0.717) is 43.5 Å². The Kier molecular flexibility index (Phi) is 11.6. The smallest absolute Gasteiger partial charge is 0.407 e. The summed E-state index contributed by atoms with van der Waals surface area (Å²) in [7, 11) is 0. The zero-order valence-electron chi connectivity index (χ0n) is 31.5. The number of Topliss-reactive ketones (excluding diaryl/α,β-unsaturated/α-hetero) is 1. The van der Waals surface area contributed by atoms with Gasteiger partial charge in [-0.3, -0.25) is 14.4 Å². The van der Waals surface area contributed by atoms with Gasteiger partial charge in [0.1, 0.15) is 12.8 Å². The number of aliphatic hydroxyl groups is 1. The zero-order chi connectivity index (χ0) is 39.8. The van der Waals surface area contributed by atoms with E-state index in [9.17, 15) is 29.1 Å². The molecule has 5 aliphatic rings. The summed E-state index contributed by atoms with van der Waals surface area (Å²) in [5, 5.41) is 19.7. The first kappa shape index (κ1) is 40.5. The largest absolute Gasteiger partial charge is 0.445 e. The van der Waals surface area contributed by atoms with Crippen molar-refractivity contribution in [1.82, 2.24) is 10.6 Å². The van der Waals surface area contributed by atoms with Gasteiger partial charge >= 0.3 is 12.1 Å². The van der Waals surface area contributed by atoms with Crippen LogP contribution in [0.2, 0.25) is 0 Å². The normalized spacial score (nSPS) is 36.0. The summed E-state index contributed by atoms with van der Waals surface area (Å²) in [5.41, 5.74) is -0.474. The number of nitrogens with one attached hydrogen (secondary N) is 3. The van der Waals surface area contributed by atoms with Crippen LogP contribution in [0.5, 0.6) is 0 Å². The molecule has 0 radical (unpaired) electrons. The summed E-state index contributed by atoms with van der Waals surface area (Å²) in [4.78, 5) is 62.6. The third-order valence-electron chi connectivity index (χ3n) is 12.8. The molecule has 15 heteroatoms. The lowest BCUT2D eigenvalue weighted by Crippen LogP contribution is -2.68. The fraction of sp³-hybridized carbons (Fsp3) is 0.625. The number of carbonyl (C=O) groups is 5. The van der Waals surface area contributed by atoms with Gasteiger partial charge in [-0.25, -0.2) is 18.4 Å². The van der Waals surface area contributed by atoms with Crippen LogP contribution >= 0.6 is 0 Å². The summed E-state index contributed by atoms with van der Waals surface area (Å²) >= 11 is 0. The number of urea groups is 1. The van der Waals surface area contributed by atoms with Crippen molar-refractivity contribution in [2.45, 2.75) is 121 Å². The minimum atomic E-state index is -2.34. The number of hydrogen-bond acceptors (Lipinski definition) is 9. The number of unbranched alkanes of at least 4 members (excludes halogenated alkanes) is 1. The minimum Gasteiger partial charge on any atom is -0.445 e. The lowest BCUT2D eigenvalue weighted by molar-refractivity contribution is -0.223. The molecule has 1 heterocycles. The molecule has 1 aromatic carbocycles. The monoisotopic (exact) mass is 770 g/mol. The van der Waals surface area contributed by atoms with Crippen LogP contribution < -0.4 is 21.7 Å². The Morgan fingerprint density at radius 2 is 1.82 bits per heavy atom. The van der Waals surface area contributed by atoms with Crippen molar-refractivity contribution in [3.63, 3.8) is 0 Å². The zero-order valence-corrected chi connectivity index (χ0v) is 31.5. The highest BCUT2D eigenvalue weighted by molar-refractivity contribution is 6.01. The molecule has 4 amide bonds. The molecule has 1 aliphatic heterocycles. The molecule has 0 aromatic heterocycles. The Morgan fingerprint density at radius 1 is 1.07 bits per heavy atom. The van der Waals surface area contributed by atoms with E-state index >= 15 is 8.78 Å². The van der Waals surface area contributed by atoms with Gasteiger partial charge in [0.2, 0.25) is 5.91 Å². The van der Waals surface area contributed by atoms with Gasteiger partial charge in [0.15, 0.2) is 29.1 Å².